The molecule has 0 spiro atoms. The molecule has 0 N–H and O–H groups in total. The molecule has 0 fully saturated rings. The molecule has 0 radical (unpaired) electrons. The van der Waals surface area contributed by atoms with Crippen molar-refractivity contribution in [1.29, 1.82) is 0 Å². The summed E-state index contributed by atoms with van der Waals surface area (Å²) in [6.07, 6.45) is 88.2. The van der Waals surface area contributed by atoms with Crippen molar-refractivity contribution < 1.29 is 28.6 Å². The summed E-state index contributed by atoms with van der Waals surface area (Å²) >= 11 is 0. The summed E-state index contributed by atoms with van der Waals surface area (Å²) in [5.74, 6) is -0.866. The smallest absolute Gasteiger partial charge is 0.306 e. The average Bonchev–Trinajstić information content (AvgIpc) is 3.46. The quantitative estimate of drug-likeness (QED) is 0.0261. The molecule has 0 amide bonds. The molecule has 1 atom stereocenters. The van der Waals surface area contributed by atoms with E-state index in [4.69, 9.17) is 14.2 Å². The van der Waals surface area contributed by atoms with Crippen LogP contribution in [0.4, 0.5) is 0 Å². The fourth-order valence-electron chi connectivity index (χ4n) is 10.5. The van der Waals surface area contributed by atoms with E-state index in [1.54, 1.807) is 0 Å². The topological polar surface area (TPSA) is 78.9 Å². The van der Waals surface area contributed by atoms with Gasteiger partial charge in [0, 0.05) is 19.3 Å². The molecule has 0 aromatic rings. The Morgan fingerprint density at radius 1 is 0.263 bits per heavy atom. The first-order valence-electron chi connectivity index (χ1n) is 35.3. The van der Waals surface area contributed by atoms with Gasteiger partial charge in [0.05, 0.1) is 0 Å². The van der Waals surface area contributed by atoms with E-state index in [2.05, 4.69) is 81.5 Å². The van der Waals surface area contributed by atoms with Gasteiger partial charge in [0.25, 0.3) is 0 Å². The minimum atomic E-state index is -0.781. The molecule has 0 aliphatic rings. The fourth-order valence-corrected chi connectivity index (χ4v) is 10.5. The molecule has 0 saturated carbocycles. The largest absolute Gasteiger partial charge is 0.462 e. The zero-order valence-electron chi connectivity index (χ0n) is 53.6. The van der Waals surface area contributed by atoms with Crippen LogP contribution in [0.5, 0.6) is 0 Å². The average molecular weight is 1120 g/mol. The molecule has 0 bridgehead atoms. The van der Waals surface area contributed by atoms with Gasteiger partial charge in [-0.2, -0.15) is 0 Å². The van der Waals surface area contributed by atoms with Crippen LogP contribution in [0.25, 0.3) is 0 Å². The second kappa shape index (κ2) is 68.6. The van der Waals surface area contributed by atoms with Crippen LogP contribution in [0.15, 0.2) is 60.8 Å². The summed E-state index contributed by atoms with van der Waals surface area (Å²) < 4.78 is 17.0. The summed E-state index contributed by atoms with van der Waals surface area (Å²) in [4.78, 5) is 38.4. The molecule has 0 aliphatic carbocycles. The lowest BCUT2D eigenvalue weighted by atomic mass is 10.0. The molecular formula is C74H134O6. The van der Waals surface area contributed by atoms with E-state index in [1.165, 1.54) is 238 Å². The lowest BCUT2D eigenvalue weighted by molar-refractivity contribution is -0.167. The van der Waals surface area contributed by atoms with Crippen LogP contribution in [-0.2, 0) is 28.6 Å². The Balaban J connectivity index is 4.23. The summed E-state index contributed by atoms with van der Waals surface area (Å²) in [5.41, 5.74) is 0. The van der Waals surface area contributed by atoms with Crippen molar-refractivity contribution in [3.8, 4) is 0 Å². The highest BCUT2D eigenvalue weighted by molar-refractivity contribution is 5.71. The molecule has 0 rings (SSSR count). The van der Waals surface area contributed by atoms with Crippen LogP contribution in [-0.4, -0.2) is 37.2 Å². The van der Waals surface area contributed by atoms with E-state index < -0.39 is 6.10 Å². The Morgan fingerprint density at radius 3 is 0.775 bits per heavy atom. The number of allylic oxidation sites excluding steroid dienone is 10. The standard InChI is InChI=1S/C74H134O6/c1-4-7-10-13-16-19-22-25-28-30-32-33-34-35-36-37-38-39-40-41-43-44-46-49-52-55-58-61-64-67-73(76)79-70-71(69-78-72(75)66-63-60-57-54-51-48-27-24-21-18-15-12-9-6-3)80-74(77)68-65-62-59-56-53-50-47-45-42-31-29-26-23-20-17-14-11-8-5-2/h8,11,17,20,26,29-30,32,42,45,71H,4-7,9-10,12-16,18-19,21-25,27-28,31,33-41,43-44,46-70H2,1-3H3/b11-8-,20-17-,29-26-,32-30-,45-42-. The van der Waals surface area contributed by atoms with E-state index in [0.29, 0.717) is 19.3 Å². The molecule has 0 aromatic heterocycles. The van der Waals surface area contributed by atoms with Crippen LogP contribution in [0, 0.1) is 0 Å². The number of carbonyl (C=O) groups excluding carboxylic acids is 3. The van der Waals surface area contributed by atoms with Crippen molar-refractivity contribution in [2.75, 3.05) is 13.2 Å². The van der Waals surface area contributed by atoms with Gasteiger partial charge in [-0.3, -0.25) is 14.4 Å². The lowest BCUT2D eigenvalue weighted by Crippen LogP contribution is -2.30. The number of esters is 3. The van der Waals surface area contributed by atoms with Crippen LogP contribution in [0.3, 0.4) is 0 Å². The maximum Gasteiger partial charge on any atom is 0.306 e. The molecule has 80 heavy (non-hydrogen) atoms. The number of unbranched alkanes of at least 4 members (excludes halogenated alkanes) is 44. The third kappa shape index (κ3) is 65.9. The number of hydrogen-bond donors (Lipinski definition) is 0. The molecule has 1 unspecified atom stereocenters. The maximum atomic E-state index is 12.9. The summed E-state index contributed by atoms with van der Waals surface area (Å²) in [6, 6.07) is 0. The van der Waals surface area contributed by atoms with Gasteiger partial charge in [-0.15, -0.1) is 0 Å². The van der Waals surface area contributed by atoms with Gasteiger partial charge < -0.3 is 14.2 Å². The number of rotatable bonds is 65. The Kier molecular flexibility index (Phi) is 66.1. The molecule has 466 valence electrons. The molecule has 0 aliphatic heterocycles. The first-order chi connectivity index (χ1) is 39.5. The second-order valence-electron chi connectivity index (χ2n) is 23.8. The first-order valence-corrected chi connectivity index (χ1v) is 35.3. The van der Waals surface area contributed by atoms with Gasteiger partial charge >= 0.3 is 17.9 Å². The zero-order valence-corrected chi connectivity index (χ0v) is 53.6. The zero-order chi connectivity index (χ0) is 57.8. The van der Waals surface area contributed by atoms with E-state index in [1.807, 2.05) is 0 Å². The Morgan fingerprint density at radius 2 is 0.487 bits per heavy atom. The Bertz CT molecular complexity index is 1430. The lowest BCUT2D eigenvalue weighted by Gasteiger charge is -2.18. The predicted molar refractivity (Wildman–Crippen MR) is 348 cm³/mol. The van der Waals surface area contributed by atoms with Crippen molar-refractivity contribution in [1.82, 2.24) is 0 Å². The van der Waals surface area contributed by atoms with Crippen molar-refractivity contribution >= 4 is 17.9 Å². The van der Waals surface area contributed by atoms with Crippen molar-refractivity contribution in [2.45, 2.75) is 380 Å². The van der Waals surface area contributed by atoms with E-state index in [9.17, 15) is 14.4 Å². The Labute approximate surface area is 498 Å². The molecule has 6 nitrogen and oxygen atoms in total. The van der Waals surface area contributed by atoms with Crippen molar-refractivity contribution in [3.63, 3.8) is 0 Å². The highest BCUT2D eigenvalue weighted by Crippen LogP contribution is 2.18. The van der Waals surface area contributed by atoms with Crippen LogP contribution in [0.2, 0.25) is 0 Å². The first kappa shape index (κ1) is 77.1. The normalized spacial score (nSPS) is 12.4. The summed E-state index contributed by atoms with van der Waals surface area (Å²) in [7, 11) is 0. The molecule has 0 heterocycles. The van der Waals surface area contributed by atoms with Gasteiger partial charge in [-0.05, 0) is 83.5 Å². The number of hydrogen-bond acceptors (Lipinski definition) is 6. The number of carbonyl (C=O) groups is 3. The maximum absolute atomic E-state index is 12.9. The molecular weight excluding hydrogens is 985 g/mol. The summed E-state index contributed by atoms with van der Waals surface area (Å²) in [6.45, 7) is 6.58. The van der Waals surface area contributed by atoms with E-state index >= 15 is 0 Å². The monoisotopic (exact) mass is 1120 g/mol. The molecule has 6 heteroatoms. The Hall–Kier alpha value is -2.89. The third-order valence-corrected chi connectivity index (χ3v) is 15.8. The highest BCUT2D eigenvalue weighted by Gasteiger charge is 2.19. The van der Waals surface area contributed by atoms with Crippen molar-refractivity contribution in [2.24, 2.45) is 0 Å². The van der Waals surface area contributed by atoms with Crippen molar-refractivity contribution in [3.05, 3.63) is 60.8 Å². The molecule has 0 aromatic carbocycles. The third-order valence-electron chi connectivity index (χ3n) is 15.8. The minimum absolute atomic E-state index is 0.0756. The van der Waals surface area contributed by atoms with E-state index in [-0.39, 0.29) is 31.1 Å². The highest BCUT2D eigenvalue weighted by atomic mass is 16.6. The van der Waals surface area contributed by atoms with Gasteiger partial charge in [-0.25, -0.2) is 0 Å². The van der Waals surface area contributed by atoms with Crippen LogP contribution in [0.1, 0.15) is 374 Å². The van der Waals surface area contributed by atoms with E-state index in [0.717, 1.165) is 96.3 Å². The molecule has 0 saturated heterocycles. The second-order valence-corrected chi connectivity index (χ2v) is 23.8. The predicted octanol–water partition coefficient (Wildman–Crippen LogP) is 24.3. The van der Waals surface area contributed by atoms with Gasteiger partial charge in [0.1, 0.15) is 13.2 Å². The van der Waals surface area contributed by atoms with Gasteiger partial charge in [-0.1, -0.05) is 332 Å². The fraction of sp³-hybridized carbons (Fsp3) is 0.824. The SMILES string of the molecule is CC/C=C\C/C=C\C/C=C\C/C=C\CCCCCCCCC(=O)OC(COC(=O)CCCCCCCCCCCCCCCC)COC(=O)CCCCCCCCCCCCCCCCCCC/C=C\CCCCCCCCCC. The van der Waals surface area contributed by atoms with Gasteiger partial charge in [0.2, 0.25) is 0 Å². The summed E-state index contributed by atoms with van der Waals surface area (Å²) in [5, 5.41) is 0. The van der Waals surface area contributed by atoms with Gasteiger partial charge in [0.15, 0.2) is 6.10 Å². The van der Waals surface area contributed by atoms with Crippen LogP contribution >= 0.6 is 0 Å². The minimum Gasteiger partial charge on any atom is -0.462 e. The number of ether oxygens (including phenoxy) is 3. The van der Waals surface area contributed by atoms with Crippen LogP contribution < -0.4 is 0 Å².